The van der Waals surface area contributed by atoms with Gasteiger partial charge in [0.2, 0.25) is 0 Å². The first-order valence-electron chi connectivity index (χ1n) is 4.00. The van der Waals surface area contributed by atoms with E-state index in [9.17, 15) is 8.42 Å². The number of benzene rings is 1. The van der Waals surface area contributed by atoms with Crippen LogP contribution in [0, 0.1) is 0 Å². The van der Waals surface area contributed by atoms with E-state index in [2.05, 4.69) is 5.32 Å². The standard InChI is InChI=1S/C8H12N2O3S/c1-9-6-7-2-4-8(5-3-7)10-14(11,12)13/h2-5,9-10H,6H2,1H3,(H,11,12,13). The summed E-state index contributed by atoms with van der Waals surface area (Å²) >= 11 is 0. The van der Waals surface area contributed by atoms with Gasteiger partial charge in [-0.15, -0.1) is 0 Å². The first kappa shape index (κ1) is 11.0. The van der Waals surface area contributed by atoms with Gasteiger partial charge in [-0.25, -0.2) is 0 Å². The molecule has 14 heavy (non-hydrogen) atoms. The van der Waals surface area contributed by atoms with Gasteiger partial charge in [-0.05, 0) is 24.7 Å². The molecule has 6 heteroatoms. The summed E-state index contributed by atoms with van der Waals surface area (Å²) in [4.78, 5) is 0. The van der Waals surface area contributed by atoms with Crippen molar-refractivity contribution in [2.24, 2.45) is 0 Å². The lowest BCUT2D eigenvalue weighted by Crippen LogP contribution is -2.10. The van der Waals surface area contributed by atoms with Crippen molar-refractivity contribution in [3.63, 3.8) is 0 Å². The molecule has 0 saturated carbocycles. The molecule has 3 N–H and O–H groups in total. The highest BCUT2D eigenvalue weighted by Crippen LogP contribution is 2.10. The van der Waals surface area contributed by atoms with E-state index in [1.54, 1.807) is 24.3 Å². The Morgan fingerprint density at radius 3 is 2.29 bits per heavy atom. The van der Waals surface area contributed by atoms with Gasteiger partial charge < -0.3 is 5.32 Å². The molecule has 0 unspecified atom stereocenters. The number of hydrogen-bond acceptors (Lipinski definition) is 3. The fourth-order valence-corrected chi connectivity index (χ4v) is 1.48. The van der Waals surface area contributed by atoms with Gasteiger partial charge in [0.15, 0.2) is 0 Å². The Morgan fingerprint density at radius 2 is 1.86 bits per heavy atom. The molecule has 0 aliphatic rings. The molecule has 0 aliphatic heterocycles. The zero-order valence-electron chi connectivity index (χ0n) is 7.69. The van der Waals surface area contributed by atoms with E-state index >= 15 is 0 Å². The fraction of sp³-hybridized carbons (Fsp3) is 0.250. The molecule has 78 valence electrons. The van der Waals surface area contributed by atoms with E-state index in [4.69, 9.17) is 4.55 Å². The zero-order valence-corrected chi connectivity index (χ0v) is 8.50. The molecular formula is C8H12N2O3S. The first-order chi connectivity index (χ1) is 6.51. The molecule has 1 aromatic rings. The van der Waals surface area contributed by atoms with Crippen LogP contribution in [-0.2, 0) is 16.8 Å². The predicted molar refractivity (Wildman–Crippen MR) is 54.4 cm³/mol. The maximum absolute atomic E-state index is 10.4. The summed E-state index contributed by atoms with van der Waals surface area (Å²) in [5.74, 6) is 0. The van der Waals surface area contributed by atoms with Crippen molar-refractivity contribution in [2.75, 3.05) is 11.8 Å². The van der Waals surface area contributed by atoms with E-state index in [0.29, 0.717) is 12.2 Å². The molecule has 5 nitrogen and oxygen atoms in total. The summed E-state index contributed by atoms with van der Waals surface area (Å²) in [5, 5.41) is 2.96. The van der Waals surface area contributed by atoms with Crippen LogP contribution in [0.2, 0.25) is 0 Å². The molecule has 1 aromatic carbocycles. The smallest absolute Gasteiger partial charge is 0.316 e. The number of hydrogen-bond donors (Lipinski definition) is 3. The van der Waals surface area contributed by atoms with Gasteiger partial charge in [0.25, 0.3) is 0 Å². The Kier molecular flexibility index (Phi) is 3.45. The molecule has 1 rings (SSSR count). The van der Waals surface area contributed by atoms with Crippen molar-refractivity contribution in [1.29, 1.82) is 0 Å². The van der Waals surface area contributed by atoms with Crippen molar-refractivity contribution in [3.8, 4) is 0 Å². The van der Waals surface area contributed by atoms with E-state index in [1.807, 2.05) is 11.8 Å². The third-order valence-electron chi connectivity index (χ3n) is 1.58. The van der Waals surface area contributed by atoms with Crippen LogP contribution < -0.4 is 10.0 Å². The van der Waals surface area contributed by atoms with E-state index in [-0.39, 0.29) is 0 Å². The number of rotatable bonds is 4. The quantitative estimate of drug-likeness (QED) is 0.645. The average molecular weight is 216 g/mol. The van der Waals surface area contributed by atoms with E-state index < -0.39 is 10.3 Å². The average Bonchev–Trinajstić information content (AvgIpc) is 2.06. The van der Waals surface area contributed by atoms with Crippen molar-refractivity contribution in [1.82, 2.24) is 5.32 Å². The minimum atomic E-state index is -4.17. The predicted octanol–water partition coefficient (Wildman–Crippen LogP) is 0.621. The molecule has 0 amide bonds. The van der Waals surface area contributed by atoms with Crippen LogP contribution in [0.4, 0.5) is 5.69 Å². The fourth-order valence-electron chi connectivity index (χ4n) is 1.04. The Morgan fingerprint density at radius 1 is 1.29 bits per heavy atom. The van der Waals surface area contributed by atoms with Gasteiger partial charge in [-0.1, -0.05) is 12.1 Å². The molecular weight excluding hydrogens is 204 g/mol. The Bertz CT molecular complexity index is 386. The lowest BCUT2D eigenvalue weighted by atomic mass is 10.2. The lowest BCUT2D eigenvalue weighted by molar-refractivity contribution is 0.489. The Hall–Kier alpha value is -1.11. The maximum atomic E-state index is 10.4. The van der Waals surface area contributed by atoms with Gasteiger partial charge in [0, 0.05) is 6.54 Å². The molecule has 0 atom stereocenters. The van der Waals surface area contributed by atoms with Crippen LogP contribution in [0.15, 0.2) is 24.3 Å². The minimum Gasteiger partial charge on any atom is -0.316 e. The number of anilines is 1. The monoisotopic (exact) mass is 216 g/mol. The molecule has 0 bridgehead atoms. The second-order valence-electron chi connectivity index (χ2n) is 2.80. The van der Waals surface area contributed by atoms with Crippen molar-refractivity contribution >= 4 is 16.0 Å². The van der Waals surface area contributed by atoms with Crippen molar-refractivity contribution in [2.45, 2.75) is 6.54 Å². The van der Waals surface area contributed by atoms with Crippen molar-refractivity contribution < 1.29 is 13.0 Å². The normalized spacial score (nSPS) is 11.3. The number of nitrogens with one attached hydrogen (secondary N) is 2. The third kappa shape index (κ3) is 3.73. The SMILES string of the molecule is CNCc1ccc(NS(=O)(=O)O)cc1. The van der Waals surface area contributed by atoms with Crippen LogP contribution in [0.1, 0.15) is 5.56 Å². The highest BCUT2D eigenvalue weighted by atomic mass is 32.2. The maximum Gasteiger partial charge on any atom is 0.357 e. The van der Waals surface area contributed by atoms with E-state index in [0.717, 1.165) is 5.56 Å². The molecule has 0 aromatic heterocycles. The summed E-state index contributed by atoms with van der Waals surface area (Å²) < 4.78 is 31.3. The molecule has 0 radical (unpaired) electrons. The third-order valence-corrected chi connectivity index (χ3v) is 2.08. The summed E-state index contributed by atoms with van der Waals surface area (Å²) in [5.41, 5.74) is 1.38. The topological polar surface area (TPSA) is 78.4 Å². The van der Waals surface area contributed by atoms with Gasteiger partial charge in [0.05, 0.1) is 5.69 Å². The Balaban J connectivity index is 2.74. The molecule has 0 aliphatic carbocycles. The summed E-state index contributed by atoms with van der Waals surface area (Å²) in [6.07, 6.45) is 0. The van der Waals surface area contributed by atoms with Gasteiger partial charge >= 0.3 is 10.3 Å². The summed E-state index contributed by atoms with van der Waals surface area (Å²) in [6, 6.07) is 6.70. The highest BCUT2D eigenvalue weighted by Gasteiger charge is 2.02. The Labute approximate surface area is 83.0 Å². The first-order valence-corrected chi connectivity index (χ1v) is 5.44. The molecule has 0 fully saturated rings. The minimum absolute atomic E-state index is 0.340. The largest absolute Gasteiger partial charge is 0.357 e. The zero-order chi connectivity index (χ0) is 10.6. The molecule has 0 heterocycles. The van der Waals surface area contributed by atoms with Gasteiger partial charge in [-0.2, -0.15) is 8.42 Å². The highest BCUT2D eigenvalue weighted by molar-refractivity contribution is 7.87. The van der Waals surface area contributed by atoms with Crippen LogP contribution in [-0.4, -0.2) is 20.0 Å². The van der Waals surface area contributed by atoms with Gasteiger partial charge in [0.1, 0.15) is 0 Å². The second-order valence-corrected chi connectivity index (χ2v) is 3.96. The van der Waals surface area contributed by atoms with Gasteiger partial charge in [-0.3, -0.25) is 9.27 Å². The van der Waals surface area contributed by atoms with Crippen LogP contribution in [0.5, 0.6) is 0 Å². The van der Waals surface area contributed by atoms with E-state index in [1.165, 1.54) is 0 Å². The molecule has 0 spiro atoms. The summed E-state index contributed by atoms with van der Waals surface area (Å²) in [6.45, 7) is 0.714. The van der Waals surface area contributed by atoms with Crippen molar-refractivity contribution in [3.05, 3.63) is 29.8 Å². The second kappa shape index (κ2) is 4.41. The summed E-state index contributed by atoms with van der Waals surface area (Å²) in [7, 11) is -2.34. The molecule has 0 saturated heterocycles. The van der Waals surface area contributed by atoms with Crippen LogP contribution >= 0.6 is 0 Å². The lowest BCUT2D eigenvalue weighted by Gasteiger charge is -2.03. The van der Waals surface area contributed by atoms with Crippen LogP contribution in [0.3, 0.4) is 0 Å². The van der Waals surface area contributed by atoms with Crippen LogP contribution in [0.25, 0.3) is 0 Å².